The van der Waals surface area contributed by atoms with Crippen molar-refractivity contribution in [3.05, 3.63) is 102 Å². The lowest BCUT2D eigenvalue weighted by molar-refractivity contribution is -0.141. The first kappa shape index (κ1) is 31.4. The highest BCUT2D eigenvalue weighted by atomic mass is 32.2. The molecule has 1 fully saturated rings. The van der Waals surface area contributed by atoms with Gasteiger partial charge in [0.2, 0.25) is 21.8 Å². The van der Waals surface area contributed by atoms with E-state index in [0.29, 0.717) is 19.4 Å². The molecule has 0 radical (unpaired) electrons. The van der Waals surface area contributed by atoms with Crippen molar-refractivity contribution in [2.75, 3.05) is 13.6 Å². The van der Waals surface area contributed by atoms with Crippen LogP contribution in [-0.4, -0.2) is 55.1 Å². The summed E-state index contributed by atoms with van der Waals surface area (Å²) in [6.07, 6.45) is 6.16. The maximum atomic E-state index is 13.9. The average Bonchev–Trinajstić information content (AvgIpc) is 3.01. The van der Waals surface area contributed by atoms with Crippen LogP contribution in [0.3, 0.4) is 0 Å². The highest BCUT2D eigenvalue weighted by molar-refractivity contribution is 7.89. The molecule has 42 heavy (non-hydrogen) atoms. The summed E-state index contributed by atoms with van der Waals surface area (Å²) < 4.78 is 27.2. The van der Waals surface area contributed by atoms with Crippen LogP contribution in [0.1, 0.15) is 61.6 Å². The van der Waals surface area contributed by atoms with Crippen LogP contribution in [-0.2, 0) is 32.6 Å². The Labute approximate surface area is 251 Å². The average molecular weight is 590 g/mol. The highest BCUT2D eigenvalue weighted by Crippen LogP contribution is 2.21. The van der Waals surface area contributed by atoms with Gasteiger partial charge >= 0.3 is 0 Å². The number of rotatable bonds is 13. The smallest absolute Gasteiger partial charge is 0.243 e. The number of amides is 2. The molecule has 1 saturated carbocycles. The van der Waals surface area contributed by atoms with E-state index in [4.69, 9.17) is 0 Å². The van der Waals surface area contributed by atoms with Gasteiger partial charge in [-0.25, -0.2) is 12.7 Å². The molecule has 0 spiro atoms. The van der Waals surface area contributed by atoms with Crippen molar-refractivity contribution in [3.8, 4) is 0 Å². The third-order valence-electron chi connectivity index (χ3n) is 8.01. The maximum absolute atomic E-state index is 13.9. The first-order valence-corrected chi connectivity index (χ1v) is 16.4. The minimum atomic E-state index is -3.65. The number of hydrogen-bond donors (Lipinski definition) is 1. The fourth-order valence-corrected chi connectivity index (χ4v) is 6.71. The molecule has 8 heteroatoms. The van der Waals surface area contributed by atoms with Gasteiger partial charge in [-0.1, -0.05) is 97.6 Å². The van der Waals surface area contributed by atoms with Gasteiger partial charge in [0.05, 0.1) is 4.90 Å². The normalized spacial score (nSPS) is 14.8. The number of carbonyl (C=O) groups is 2. The van der Waals surface area contributed by atoms with Gasteiger partial charge in [0.15, 0.2) is 0 Å². The second kappa shape index (κ2) is 15.1. The quantitative estimate of drug-likeness (QED) is 0.286. The van der Waals surface area contributed by atoms with Gasteiger partial charge in [-0.05, 0) is 49.4 Å². The van der Waals surface area contributed by atoms with E-state index < -0.39 is 16.1 Å². The van der Waals surface area contributed by atoms with Gasteiger partial charge in [0.25, 0.3) is 0 Å². The molecule has 2 amide bonds. The van der Waals surface area contributed by atoms with E-state index in [2.05, 4.69) is 5.32 Å². The van der Waals surface area contributed by atoms with E-state index in [1.54, 1.807) is 35.2 Å². The number of nitrogens with one attached hydrogen (secondary N) is 1. The molecule has 1 atom stereocenters. The molecule has 0 heterocycles. The third-order valence-corrected chi connectivity index (χ3v) is 9.88. The van der Waals surface area contributed by atoms with Gasteiger partial charge in [0, 0.05) is 39.0 Å². The molecule has 0 bridgehead atoms. The van der Waals surface area contributed by atoms with Crippen LogP contribution in [0.15, 0.2) is 89.8 Å². The highest BCUT2D eigenvalue weighted by Gasteiger charge is 2.32. The van der Waals surface area contributed by atoms with E-state index >= 15 is 0 Å². The Morgan fingerprint density at radius 1 is 0.857 bits per heavy atom. The molecule has 7 nitrogen and oxygen atoms in total. The summed E-state index contributed by atoms with van der Waals surface area (Å²) in [5.41, 5.74) is 3.05. The summed E-state index contributed by atoms with van der Waals surface area (Å²) in [6, 6.07) is 25.5. The Balaban J connectivity index is 1.54. The zero-order valence-corrected chi connectivity index (χ0v) is 25.6. The van der Waals surface area contributed by atoms with E-state index in [9.17, 15) is 18.0 Å². The van der Waals surface area contributed by atoms with Crippen LogP contribution in [0.5, 0.6) is 0 Å². The van der Waals surface area contributed by atoms with Gasteiger partial charge in [-0.15, -0.1) is 0 Å². The Kier molecular flexibility index (Phi) is 11.3. The molecule has 3 aromatic carbocycles. The molecular formula is C34H43N3O4S. The summed E-state index contributed by atoms with van der Waals surface area (Å²) in [4.78, 5) is 29.7. The van der Waals surface area contributed by atoms with Crippen LogP contribution in [0.4, 0.5) is 0 Å². The Morgan fingerprint density at radius 2 is 1.48 bits per heavy atom. The van der Waals surface area contributed by atoms with Crippen LogP contribution in [0.2, 0.25) is 0 Å². The molecule has 3 aromatic rings. The topological polar surface area (TPSA) is 86.8 Å². The van der Waals surface area contributed by atoms with Gasteiger partial charge in [-0.2, -0.15) is 0 Å². The molecule has 1 unspecified atom stereocenters. The van der Waals surface area contributed by atoms with Crippen LogP contribution in [0.25, 0.3) is 0 Å². The molecular weight excluding hydrogens is 546 g/mol. The zero-order valence-electron chi connectivity index (χ0n) is 24.7. The lowest BCUT2D eigenvalue weighted by Crippen LogP contribution is -2.52. The Hall–Kier alpha value is -3.49. The predicted molar refractivity (Wildman–Crippen MR) is 166 cm³/mol. The molecule has 1 N–H and O–H groups in total. The van der Waals surface area contributed by atoms with Crippen molar-refractivity contribution in [1.29, 1.82) is 0 Å². The monoisotopic (exact) mass is 589 g/mol. The second-order valence-electron chi connectivity index (χ2n) is 11.3. The maximum Gasteiger partial charge on any atom is 0.243 e. The minimum Gasteiger partial charge on any atom is -0.352 e. The number of carbonyl (C=O) groups excluding carboxylic acids is 2. The fraction of sp³-hybridized carbons (Fsp3) is 0.412. The molecule has 4 rings (SSSR count). The number of sulfonamides is 1. The summed E-state index contributed by atoms with van der Waals surface area (Å²) in [5.74, 6) is -0.296. The van der Waals surface area contributed by atoms with Crippen molar-refractivity contribution in [2.45, 2.75) is 81.8 Å². The molecule has 0 aromatic heterocycles. The van der Waals surface area contributed by atoms with Gasteiger partial charge < -0.3 is 10.2 Å². The molecule has 1 aliphatic carbocycles. The van der Waals surface area contributed by atoms with Crippen molar-refractivity contribution in [1.82, 2.24) is 14.5 Å². The molecule has 0 saturated heterocycles. The fourth-order valence-electron chi connectivity index (χ4n) is 5.48. The first-order chi connectivity index (χ1) is 20.2. The molecule has 1 aliphatic rings. The number of hydrogen-bond acceptors (Lipinski definition) is 4. The van der Waals surface area contributed by atoms with E-state index in [0.717, 1.165) is 42.4 Å². The predicted octanol–water partition coefficient (Wildman–Crippen LogP) is 5.48. The summed E-state index contributed by atoms with van der Waals surface area (Å²) in [5, 5.41) is 3.26. The summed E-state index contributed by atoms with van der Waals surface area (Å²) >= 11 is 0. The van der Waals surface area contributed by atoms with E-state index in [-0.39, 0.29) is 35.7 Å². The number of benzene rings is 3. The molecule has 224 valence electrons. The Morgan fingerprint density at radius 3 is 2.12 bits per heavy atom. The molecule has 0 aliphatic heterocycles. The van der Waals surface area contributed by atoms with Crippen LogP contribution in [0, 0.1) is 6.92 Å². The lowest BCUT2D eigenvalue weighted by atomic mass is 9.94. The van der Waals surface area contributed by atoms with Crippen molar-refractivity contribution < 1.29 is 18.0 Å². The number of nitrogens with zero attached hydrogens (tertiary/aromatic N) is 2. The van der Waals surface area contributed by atoms with Crippen molar-refractivity contribution in [3.63, 3.8) is 0 Å². The van der Waals surface area contributed by atoms with Gasteiger partial charge in [0.1, 0.15) is 6.04 Å². The summed E-state index contributed by atoms with van der Waals surface area (Å²) in [6.45, 7) is 2.51. The summed E-state index contributed by atoms with van der Waals surface area (Å²) in [7, 11) is -2.12. The lowest BCUT2D eigenvalue weighted by Gasteiger charge is -2.33. The van der Waals surface area contributed by atoms with E-state index in [1.807, 2.05) is 61.5 Å². The first-order valence-electron chi connectivity index (χ1n) is 14.9. The zero-order chi connectivity index (χ0) is 30.0. The Bertz CT molecular complexity index is 1390. The minimum absolute atomic E-state index is 0.123. The van der Waals surface area contributed by atoms with Crippen molar-refractivity contribution >= 4 is 21.8 Å². The number of aryl methyl sites for hydroxylation is 1. The van der Waals surface area contributed by atoms with Gasteiger partial charge in [-0.3, -0.25) is 9.59 Å². The van der Waals surface area contributed by atoms with Crippen LogP contribution >= 0.6 is 0 Å². The van der Waals surface area contributed by atoms with E-state index in [1.165, 1.54) is 17.8 Å². The largest absolute Gasteiger partial charge is 0.352 e. The SMILES string of the molecule is Cc1ccc(CN(C(=O)CCCN(C)S(=O)(=O)c2ccccc2)C(Cc2ccccc2)C(=O)NC2CCCCC2)cc1. The van der Waals surface area contributed by atoms with Crippen LogP contribution < -0.4 is 5.32 Å². The second-order valence-corrected chi connectivity index (χ2v) is 13.3. The third kappa shape index (κ3) is 8.76. The van der Waals surface area contributed by atoms with Crippen molar-refractivity contribution in [2.24, 2.45) is 0 Å². The standard InChI is InChI=1S/C34H43N3O4S/c1-27-20-22-29(23-21-27)26-37(33(38)19-12-24-36(2)42(40,41)31-17-10-5-11-18-31)32(25-28-13-6-3-7-14-28)34(39)35-30-15-8-4-9-16-30/h3,5-7,10-11,13-14,17-18,20-23,30,32H,4,8-9,12,15-16,19,24-26H2,1-2H3,(H,35,39).